The van der Waals surface area contributed by atoms with Gasteiger partial charge in [-0.2, -0.15) is 0 Å². The Labute approximate surface area is 260 Å². The fourth-order valence-corrected chi connectivity index (χ4v) is 6.60. The lowest BCUT2D eigenvalue weighted by molar-refractivity contribution is 0.0878. The van der Waals surface area contributed by atoms with Gasteiger partial charge in [-0.05, 0) is 75.6 Å². The summed E-state index contributed by atoms with van der Waals surface area (Å²) in [5.74, 6) is 1.88. The first kappa shape index (κ1) is 31.8. The van der Waals surface area contributed by atoms with Gasteiger partial charge < -0.3 is 34.5 Å². The van der Waals surface area contributed by atoms with Crippen molar-refractivity contribution in [2.75, 3.05) is 20.3 Å². The monoisotopic (exact) mass is 622 g/mol. The minimum Gasteiger partial charge on any atom is -0.497 e. The van der Waals surface area contributed by atoms with E-state index in [9.17, 15) is 9.59 Å². The first-order valence-electron chi connectivity index (χ1n) is 15.7. The number of carboxylic acid groups (broad SMARTS) is 1. The van der Waals surface area contributed by atoms with Crippen molar-refractivity contribution in [3.63, 3.8) is 0 Å². The molecule has 2 fully saturated rings. The number of carbonyl (C=O) groups excluding carboxylic acids is 1. The number of amides is 2. The van der Waals surface area contributed by atoms with E-state index in [4.69, 9.17) is 24.3 Å². The van der Waals surface area contributed by atoms with E-state index in [0.717, 1.165) is 39.9 Å². The Bertz CT molecular complexity index is 1490. The summed E-state index contributed by atoms with van der Waals surface area (Å²) in [6.45, 7) is 10.6. The van der Waals surface area contributed by atoms with Crippen LogP contribution < -0.4 is 20.1 Å². The van der Waals surface area contributed by atoms with Gasteiger partial charge in [-0.1, -0.05) is 19.6 Å². The lowest BCUT2D eigenvalue weighted by Crippen LogP contribution is -2.43. The molecule has 0 bridgehead atoms. The Balaban J connectivity index is 1.50. The molecule has 44 heavy (non-hydrogen) atoms. The van der Waals surface area contributed by atoms with Crippen LogP contribution in [-0.4, -0.2) is 67.1 Å². The highest BCUT2D eigenvalue weighted by atomic mass is 28.3. The maximum atomic E-state index is 13.9. The molecule has 10 nitrogen and oxygen atoms in total. The molecule has 3 aromatic rings. The molecule has 3 N–H and O–H groups in total. The van der Waals surface area contributed by atoms with Gasteiger partial charge in [0.1, 0.15) is 23.7 Å². The maximum Gasteiger partial charge on any atom is 0.404 e. The third kappa shape index (κ3) is 7.73. The Morgan fingerprint density at radius 2 is 1.73 bits per heavy atom. The van der Waals surface area contributed by atoms with Gasteiger partial charge in [0.25, 0.3) is 5.91 Å². The van der Waals surface area contributed by atoms with Crippen LogP contribution in [0.15, 0.2) is 30.5 Å². The summed E-state index contributed by atoms with van der Waals surface area (Å²) >= 11 is 0. The van der Waals surface area contributed by atoms with E-state index in [0.29, 0.717) is 62.6 Å². The van der Waals surface area contributed by atoms with Gasteiger partial charge in [0.05, 0.1) is 24.8 Å². The highest BCUT2D eigenvalue weighted by molar-refractivity contribution is 6.76. The summed E-state index contributed by atoms with van der Waals surface area (Å²) in [4.78, 5) is 29.7. The van der Waals surface area contributed by atoms with E-state index in [1.807, 2.05) is 31.2 Å². The second-order valence-electron chi connectivity index (χ2n) is 13.4. The minimum atomic E-state index is -1.28. The normalized spacial score (nSPS) is 18.7. The Kier molecular flexibility index (Phi) is 9.84. The van der Waals surface area contributed by atoms with Crippen molar-refractivity contribution in [2.24, 2.45) is 5.92 Å². The zero-order chi connectivity index (χ0) is 31.4. The van der Waals surface area contributed by atoms with Gasteiger partial charge in [0.15, 0.2) is 0 Å². The fourth-order valence-electron chi connectivity index (χ4n) is 5.85. The van der Waals surface area contributed by atoms with Gasteiger partial charge in [-0.15, -0.1) is 0 Å². The van der Waals surface area contributed by atoms with Gasteiger partial charge in [-0.3, -0.25) is 9.78 Å². The van der Waals surface area contributed by atoms with Gasteiger partial charge in [0.2, 0.25) is 0 Å². The SMILES string of the molecule is COc1ccc(-c2ccnc3c(C(=O)N[C@H]4CC[C@H](NC(=O)O)CC4)c(C)n(COCC[Si](C)(C)C)c23)c(OCC2CC2)c1. The van der Waals surface area contributed by atoms with Gasteiger partial charge >= 0.3 is 6.09 Å². The molecule has 0 saturated heterocycles. The lowest BCUT2D eigenvalue weighted by atomic mass is 9.91. The zero-order valence-electron chi connectivity index (χ0n) is 26.6. The number of aromatic nitrogens is 2. The van der Waals surface area contributed by atoms with E-state index in [1.54, 1.807) is 13.3 Å². The highest BCUT2D eigenvalue weighted by Crippen LogP contribution is 2.40. The molecule has 2 saturated carbocycles. The van der Waals surface area contributed by atoms with Crippen molar-refractivity contribution in [2.45, 2.75) is 89.9 Å². The number of nitrogens with one attached hydrogen (secondary N) is 2. The molecule has 11 heteroatoms. The third-order valence-corrected chi connectivity index (χ3v) is 10.4. The minimum absolute atomic E-state index is 0.0349. The molecule has 238 valence electrons. The number of benzene rings is 1. The van der Waals surface area contributed by atoms with Crippen LogP contribution in [-0.2, 0) is 11.5 Å². The largest absolute Gasteiger partial charge is 0.497 e. The third-order valence-electron chi connectivity index (χ3n) is 8.68. The quantitative estimate of drug-likeness (QED) is 0.148. The van der Waals surface area contributed by atoms with Crippen LogP contribution in [0.1, 0.15) is 54.6 Å². The number of fused-ring (bicyclic) bond motifs is 1. The number of hydrogen-bond donors (Lipinski definition) is 3. The molecular formula is C33H46N4O6Si. The molecule has 0 aliphatic heterocycles. The van der Waals surface area contributed by atoms with Gasteiger partial charge in [-0.25, -0.2) is 4.79 Å². The summed E-state index contributed by atoms with van der Waals surface area (Å²) in [5.41, 5.74) is 4.61. The molecule has 2 aromatic heterocycles. The molecule has 2 heterocycles. The molecular weight excluding hydrogens is 576 g/mol. The number of pyridine rings is 1. The standard InChI is InChI=1S/C33H46N4O6Si/c1-21-29(32(38)35-23-8-10-24(11-9-23)36-33(39)40)30-31(37(21)20-42-16-17-44(3,4)5)27(14-15-34-30)26-13-12-25(41-2)18-28(26)43-19-22-6-7-22/h12-15,18,22-24,36H,6-11,16-17,19-20H2,1-5H3,(H,35,38)(H,39,40)/t23-,24-. The maximum absolute atomic E-state index is 13.9. The number of methoxy groups -OCH3 is 1. The summed E-state index contributed by atoms with van der Waals surface area (Å²) in [6.07, 6.45) is 5.91. The predicted molar refractivity (Wildman–Crippen MR) is 173 cm³/mol. The summed E-state index contributed by atoms with van der Waals surface area (Å²) in [5, 5.41) is 14.9. The Morgan fingerprint density at radius 1 is 1.02 bits per heavy atom. The first-order chi connectivity index (χ1) is 21.0. The predicted octanol–water partition coefficient (Wildman–Crippen LogP) is 6.43. The molecule has 0 atom stereocenters. The molecule has 2 aliphatic rings. The van der Waals surface area contributed by atoms with Crippen LogP contribution in [0.25, 0.3) is 22.2 Å². The average Bonchev–Trinajstić information content (AvgIpc) is 3.76. The summed E-state index contributed by atoms with van der Waals surface area (Å²) < 4.78 is 20.2. The molecule has 2 aliphatic carbocycles. The number of ether oxygens (including phenoxy) is 3. The van der Waals surface area contributed by atoms with E-state index in [2.05, 4.69) is 34.8 Å². The number of hydrogen-bond acceptors (Lipinski definition) is 6. The van der Waals surface area contributed by atoms with Crippen molar-refractivity contribution in [1.82, 2.24) is 20.2 Å². The lowest BCUT2D eigenvalue weighted by Gasteiger charge is -2.28. The molecule has 1 aromatic carbocycles. The molecule has 0 radical (unpaired) electrons. The van der Waals surface area contributed by atoms with Crippen LogP contribution in [0, 0.1) is 12.8 Å². The Hall–Kier alpha value is -3.57. The first-order valence-corrected chi connectivity index (χ1v) is 19.4. The van der Waals surface area contributed by atoms with Crippen molar-refractivity contribution < 1.29 is 28.9 Å². The van der Waals surface area contributed by atoms with Crippen molar-refractivity contribution in [3.05, 3.63) is 41.7 Å². The fraction of sp³-hybridized carbons (Fsp3) is 0.545. The van der Waals surface area contributed by atoms with E-state index < -0.39 is 14.2 Å². The van der Waals surface area contributed by atoms with Gasteiger partial charge in [0, 0.05) is 55.8 Å². The molecule has 0 spiro atoms. The Morgan fingerprint density at radius 3 is 2.36 bits per heavy atom. The highest BCUT2D eigenvalue weighted by Gasteiger charge is 2.29. The van der Waals surface area contributed by atoms with E-state index >= 15 is 0 Å². The van der Waals surface area contributed by atoms with Crippen LogP contribution >= 0.6 is 0 Å². The summed E-state index contributed by atoms with van der Waals surface area (Å²) in [7, 11) is 0.365. The van der Waals surface area contributed by atoms with Crippen LogP contribution in [0.3, 0.4) is 0 Å². The van der Waals surface area contributed by atoms with Crippen molar-refractivity contribution >= 4 is 31.1 Å². The number of rotatable bonds is 13. The molecule has 5 rings (SSSR count). The van der Waals surface area contributed by atoms with E-state index in [-0.39, 0.29) is 18.0 Å². The smallest absolute Gasteiger partial charge is 0.404 e. The second-order valence-corrected chi connectivity index (χ2v) is 19.0. The van der Waals surface area contributed by atoms with Crippen molar-refractivity contribution in [3.8, 4) is 22.6 Å². The second kappa shape index (κ2) is 13.6. The number of nitrogens with zero attached hydrogens (tertiary/aromatic N) is 2. The zero-order valence-corrected chi connectivity index (χ0v) is 27.6. The topological polar surface area (TPSA) is 124 Å². The summed E-state index contributed by atoms with van der Waals surface area (Å²) in [6, 6.07) is 8.77. The molecule has 2 amide bonds. The number of carbonyl (C=O) groups is 2. The average molecular weight is 623 g/mol. The van der Waals surface area contributed by atoms with Crippen LogP contribution in [0.4, 0.5) is 4.79 Å². The van der Waals surface area contributed by atoms with Crippen LogP contribution in [0.5, 0.6) is 11.5 Å². The molecule has 0 unspecified atom stereocenters. The van der Waals surface area contributed by atoms with Crippen molar-refractivity contribution in [1.29, 1.82) is 0 Å². The van der Waals surface area contributed by atoms with Crippen LogP contribution in [0.2, 0.25) is 25.7 Å². The van der Waals surface area contributed by atoms with E-state index in [1.165, 1.54) is 12.8 Å².